The number of carbonyl (C=O) groups is 2. The Morgan fingerprint density at radius 3 is 2.48 bits per heavy atom. The van der Waals surface area contributed by atoms with Gasteiger partial charge in [-0.2, -0.15) is 0 Å². The number of aromatic nitrogens is 1. The van der Waals surface area contributed by atoms with Crippen molar-refractivity contribution >= 4 is 11.7 Å². The van der Waals surface area contributed by atoms with Crippen molar-refractivity contribution in [2.75, 3.05) is 13.1 Å². The number of rotatable bonds is 3. The van der Waals surface area contributed by atoms with Crippen molar-refractivity contribution in [3.8, 4) is 22.5 Å². The molecule has 0 saturated carbocycles. The average molecular weight is 386 g/mol. The second-order valence-electron chi connectivity index (χ2n) is 7.74. The highest BCUT2D eigenvalue weighted by Gasteiger charge is 2.26. The van der Waals surface area contributed by atoms with Gasteiger partial charge >= 0.3 is 0 Å². The number of hydrogen-bond acceptors (Lipinski definition) is 4. The number of aryl methyl sites for hydroxylation is 1. The molecule has 0 N–H and O–H groups in total. The molecule has 3 aromatic rings. The van der Waals surface area contributed by atoms with Crippen LogP contribution in [0.1, 0.15) is 52.2 Å². The lowest BCUT2D eigenvalue weighted by Gasteiger charge is -2.25. The predicted molar refractivity (Wildman–Crippen MR) is 110 cm³/mol. The molecule has 0 spiro atoms. The summed E-state index contributed by atoms with van der Waals surface area (Å²) in [5, 5.41) is 0. The smallest absolute Gasteiger partial charge is 0.289 e. The SMILES string of the molecule is O=C1CCc2cc(-c3cc(C(=O)N4CCCCC4)oc3-c3ccncc3)ccc21. The van der Waals surface area contributed by atoms with Gasteiger partial charge in [-0.15, -0.1) is 0 Å². The number of carbonyl (C=O) groups excluding carboxylic acids is 2. The normalized spacial score (nSPS) is 16.1. The van der Waals surface area contributed by atoms with Crippen LogP contribution in [0.15, 0.2) is 53.2 Å². The molecule has 2 aromatic heterocycles. The number of piperidine rings is 1. The molecule has 146 valence electrons. The summed E-state index contributed by atoms with van der Waals surface area (Å²) >= 11 is 0. The third kappa shape index (κ3) is 3.27. The van der Waals surface area contributed by atoms with Crippen LogP contribution in [0.3, 0.4) is 0 Å². The molecular weight excluding hydrogens is 364 g/mol. The fraction of sp³-hybridized carbons (Fsp3) is 0.292. The first kappa shape index (κ1) is 17.9. The van der Waals surface area contributed by atoms with Crippen molar-refractivity contribution in [3.63, 3.8) is 0 Å². The molecule has 0 radical (unpaired) electrons. The van der Waals surface area contributed by atoms with E-state index in [1.165, 1.54) is 6.42 Å². The monoisotopic (exact) mass is 386 g/mol. The van der Waals surface area contributed by atoms with E-state index in [0.717, 1.165) is 60.2 Å². The first-order chi connectivity index (χ1) is 14.2. The summed E-state index contributed by atoms with van der Waals surface area (Å²) in [6, 6.07) is 11.5. The third-order valence-electron chi connectivity index (χ3n) is 5.87. The van der Waals surface area contributed by atoms with E-state index in [-0.39, 0.29) is 11.7 Å². The average Bonchev–Trinajstić information content (AvgIpc) is 3.38. The van der Waals surface area contributed by atoms with Crippen molar-refractivity contribution in [2.24, 2.45) is 0 Å². The quantitative estimate of drug-likeness (QED) is 0.651. The minimum atomic E-state index is -0.0532. The number of amides is 1. The van der Waals surface area contributed by atoms with Crippen molar-refractivity contribution < 1.29 is 14.0 Å². The predicted octanol–water partition coefficient (Wildman–Crippen LogP) is 4.76. The fourth-order valence-electron chi connectivity index (χ4n) is 4.30. The Bertz CT molecular complexity index is 1080. The molecule has 5 rings (SSSR count). The molecule has 1 aromatic carbocycles. The molecule has 29 heavy (non-hydrogen) atoms. The molecule has 2 aliphatic rings. The van der Waals surface area contributed by atoms with Crippen LogP contribution in [-0.4, -0.2) is 34.7 Å². The van der Waals surface area contributed by atoms with Crippen molar-refractivity contribution in [1.29, 1.82) is 0 Å². The summed E-state index contributed by atoms with van der Waals surface area (Å²) in [6.07, 6.45) is 8.02. The van der Waals surface area contributed by atoms with Crippen molar-refractivity contribution in [2.45, 2.75) is 32.1 Å². The second-order valence-corrected chi connectivity index (χ2v) is 7.74. The van der Waals surface area contributed by atoms with Crippen LogP contribution in [0.25, 0.3) is 22.5 Å². The largest absolute Gasteiger partial charge is 0.450 e. The van der Waals surface area contributed by atoms with Crippen LogP contribution < -0.4 is 0 Å². The van der Waals surface area contributed by atoms with Gasteiger partial charge in [0.1, 0.15) is 5.76 Å². The van der Waals surface area contributed by atoms with Gasteiger partial charge < -0.3 is 9.32 Å². The van der Waals surface area contributed by atoms with Crippen molar-refractivity contribution in [1.82, 2.24) is 9.88 Å². The zero-order chi connectivity index (χ0) is 19.8. The van der Waals surface area contributed by atoms with E-state index in [4.69, 9.17) is 4.42 Å². The standard InChI is InChI=1S/C24H22N2O3/c27-21-7-5-17-14-18(4-6-19(17)21)20-15-22(24(28)26-12-2-1-3-13-26)29-23(20)16-8-10-25-11-9-16/h4,6,8-11,14-15H,1-3,5,7,12-13H2. The maximum Gasteiger partial charge on any atom is 0.289 e. The Kier molecular flexibility index (Phi) is 4.51. The number of pyridine rings is 1. The Balaban J connectivity index is 1.59. The molecule has 1 saturated heterocycles. The number of ketones is 1. The van der Waals surface area contributed by atoms with Crippen LogP contribution in [-0.2, 0) is 6.42 Å². The Labute approximate surface area is 169 Å². The van der Waals surface area contributed by atoms with Crippen LogP contribution >= 0.6 is 0 Å². The van der Waals surface area contributed by atoms with Gasteiger partial charge in [0.15, 0.2) is 11.5 Å². The number of furan rings is 1. The molecular formula is C24H22N2O3. The van der Waals surface area contributed by atoms with E-state index in [1.807, 2.05) is 35.2 Å². The Hall–Kier alpha value is -3.21. The molecule has 3 heterocycles. The van der Waals surface area contributed by atoms with Gasteiger partial charge in [0.25, 0.3) is 5.91 Å². The highest BCUT2D eigenvalue weighted by atomic mass is 16.4. The molecule has 1 aliphatic carbocycles. The van der Waals surface area contributed by atoms with Gasteiger partial charge in [0.2, 0.25) is 0 Å². The van der Waals surface area contributed by atoms with Gasteiger partial charge in [-0.05, 0) is 55.0 Å². The highest BCUT2D eigenvalue weighted by molar-refractivity contribution is 6.01. The Morgan fingerprint density at radius 2 is 1.69 bits per heavy atom. The molecule has 0 atom stereocenters. The number of likely N-dealkylation sites (tertiary alicyclic amines) is 1. The first-order valence-electron chi connectivity index (χ1n) is 10.2. The Morgan fingerprint density at radius 1 is 0.897 bits per heavy atom. The van der Waals surface area contributed by atoms with Gasteiger partial charge in [-0.1, -0.05) is 18.2 Å². The number of nitrogens with zero attached hydrogens (tertiary/aromatic N) is 2. The van der Waals surface area contributed by atoms with E-state index in [2.05, 4.69) is 11.1 Å². The molecule has 5 nitrogen and oxygen atoms in total. The number of Topliss-reactive ketones (excluding diaryl/α,β-unsaturated/α-hetero) is 1. The summed E-state index contributed by atoms with van der Waals surface area (Å²) in [7, 11) is 0. The molecule has 1 aliphatic heterocycles. The summed E-state index contributed by atoms with van der Waals surface area (Å²) in [4.78, 5) is 31.0. The summed E-state index contributed by atoms with van der Waals surface area (Å²) in [5.41, 5.74) is 4.60. The summed E-state index contributed by atoms with van der Waals surface area (Å²) in [6.45, 7) is 1.56. The van der Waals surface area contributed by atoms with Crippen LogP contribution in [0.2, 0.25) is 0 Å². The molecule has 0 unspecified atom stereocenters. The highest BCUT2D eigenvalue weighted by Crippen LogP contribution is 2.37. The van der Waals surface area contributed by atoms with Crippen LogP contribution in [0, 0.1) is 0 Å². The zero-order valence-electron chi connectivity index (χ0n) is 16.2. The number of hydrogen-bond donors (Lipinski definition) is 0. The lowest BCUT2D eigenvalue weighted by molar-refractivity contribution is 0.0693. The third-order valence-corrected chi connectivity index (χ3v) is 5.87. The van der Waals surface area contributed by atoms with Gasteiger partial charge in [-0.25, -0.2) is 0 Å². The van der Waals surface area contributed by atoms with E-state index in [9.17, 15) is 9.59 Å². The molecule has 1 amide bonds. The number of benzene rings is 1. The zero-order valence-corrected chi connectivity index (χ0v) is 16.2. The maximum atomic E-state index is 13.0. The lowest BCUT2D eigenvalue weighted by Crippen LogP contribution is -2.35. The minimum Gasteiger partial charge on any atom is -0.450 e. The summed E-state index contributed by atoms with van der Waals surface area (Å²) in [5.74, 6) is 1.18. The fourth-order valence-corrected chi connectivity index (χ4v) is 4.30. The second kappa shape index (κ2) is 7.32. The van der Waals surface area contributed by atoms with Crippen LogP contribution in [0.5, 0.6) is 0 Å². The van der Waals surface area contributed by atoms with Gasteiger partial charge in [0, 0.05) is 48.6 Å². The van der Waals surface area contributed by atoms with Gasteiger partial charge in [0.05, 0.1) is 0 Å². The van der Waals surface area contributed by atoms with Gasteiger partial charge in [-0.3, -0.25) is 14.6 Å². The van der Waals surface area contributed by atoms with E-state index < -0.39 is 0 Å². The minimum absolute atomic E-state index is 0.0532. The van der Waals surface area contributed by atoms with E-state index in [1.54, 1.807) is 12.4 Å². The van der Waals surface area contributed by atoms with E-state index in [0.29, 0.717) is 17.9 Å². The lowest BCUT2D eigenvalue weighted by atomic mass is 9.98. The number of fused-ring (bicyclic) bond motifs is 1. The van der Waals surface area contributed by atoms with Crippen molar-refractivity contribution in [3.05, 3.63) is 65.7 Å². The molecule has 5 heteroatoms. The maximum absolute atomic E-state index is 13.0. The van der Waals surface area contributed by atoms with Crippen LogP contribution in [0.4, 0.5) is 0 Å². The summed E-state index contributed by atoms with van der Waals surface area (Å²) < 4.78 is 6.12. The first-order valence-corrected chi connectivity index (χ1v) is 10.2. The molecule has 0 bridgehead atoms. The topological polar surface area (TPSA) is 63.4 Å². The molecule has 1 fully saturated rings. The van der Waals surface area contributed by atoms with E-state index >= 15 is 0 Å².